The highest BCUT2D eigenvalue weighted by Gasteiger charge is 2.39. The number of aliphatic hydroxyl groups is 2. The van der Waals surface area contributed by atoms with Crippen molar-refractivity contribution in [3.8, 4) is 5.75 Å². The van der Waals surface area contributed by atoms with Crippen LogP contribution < -0.4 is 9.64 Å². The lowest BCUT2D eigenvalue weighted by Gasteiger charge is -2.42. The third-order valence-electron chi connectivity index (χ3n) is 6.24. The molecule has 2 aliphatic rings. The molecule has 4 rings (SSSR count). The van der Waals surface area contributed by atoms with Gasteiger partial charge in [-0.25, -0.2) is 13.2 Å². The number of para-hydroxylation sites is 1. The fourth-order valence-corrected chi connectivity index (χ4v) is 4.45. The first-order valence-corrected chi connectivity index (χ1v) is 11.1. The van der Waals surface area contributed by atoms with Gasteiger partial charge < -0.3 is 24.6 Å². The number of nitrogens with zero attached hydrogens (tertiary/aromatic N) is 2. The molecule has 0 aliphatic carbocycles. The lowest BCUT2D eigenvalue weighted by Crippen LogP contribution is -2.55. The Kier molecular flexibility index (Phi) is 7.13. The molecular weight excluding hydrogens is 437 g/mol. The first kappa shape index (κ1) is 23.8. The molecule has 2 aliphatic heterocycles. The van der Waals surface area contributed by atoms with Gasteiger partial charge in [-0.2, -0.15) is 0 Å². The summed E-state index contributed by atoms with van der Waals surface area (Å²) in [7, 11) is 0. The van der Waals surface area contributed by atoms with Gasteiger partial charge in [-0.15, -0.1) is 0 Å². The van der Waals surface area contributed by atoms with Gasteiger partial charge in [-0.3, -0.25) is 4.90 Å². The van der Waals surface area contributed by atoms with Gasteiger partial charge in [-0.1, -0.05) is 12.1 Å². The maximum Gasteiger partial charge on any atom is 0.162 e. The lowest BCUT2D eigenvalue weighted by molar-refractivity contribution is -0.0743. The Morgan fingerprint density at radius 1 is 0.909 bits per heavy atom. The monoisotopic (exact) mass is 466 g/mol. The SMILES string of the molecule is OC1(CN2CCOC[C@@](O)(COc3ccc(F)c(F)c3)C2)CCN(c2ccccc2F)CC1. The van der Waals surface area contributed by atoms with E-state index < -0.39 is 22.8 Å². The van der Waals surface area contributed by atoms with Gasteiger partial charge in [0, 0.05) is 38.8 Å². The molecule has 0 aromatic heterocycles. The van der Waals surface area contributed by atoms with Gasteiger partial charge >= 0.3 is 0 Å². The molecule has 180 valence electrons. The number of halogens is 3. The van der Waals surface area contributed by atoms with Gasteiger partial charge in [0.15, 0.2) is 11.6 Å². The molecule has 9 heteroatoms. The Bertz CT molecular complexity index is 955. The standard InChI is InChI=1S/C24H29F3N2O4/c25-19-6-5-18(13-21(19)27)33-17-24(31)15-28(11-12-32-16-24)14-23(30)7-9-29(10-8-23)22-4-2-1-3-20(22)26/h1-6,13,30-31H,7-12,14-17H2/t24-/m1/s1. The zero-order valence-electron chi connectivity index (χ0n) is 18.4. The molecule has 0 amide bonds. The average molecular weight is 467 g/mol. The van der Waals surface area contributed by atoms with E-state index in [9.17, 15) is 23.4 Å². The van der Waals surface area contributed by atoms with Crippen LogP contribution in [0.2, 0.25) is 0 Å². The number of anilines is 1. The van der Waals surface area contributed by atoms with Crippen LogP contribution in [0, 0.1) is 17.5 Å². The molecule has 6 nitrogen and oxygen atoms in total. The van der Waals surface area contributed by atoms with E-state index in [0.717, 1.165) is 12.1 Å². The van der Waals surface area contributed by atoms with Crippen LogP contribution in [0.5, 0.6) is 5.75 Å². The minimum Gasteiger partial charge on any atom is -0.490 e. The lowest BCUT2D eigenvalue weighted by atomic mass is 9.90. The van der Waals surface area contributed by atoms with E-state index in [4.69, 9.17) is 9.47 Å². The van der Waals surface area contributed by atoms with Crippen LogP contribution in [0.25, 0.3) is 0 Å². The van der Waals surface area contributed by atoms with Gasteiger partial charge in [0.05, 0.1) is 24.5 Å². The van der Waals surface area contributed by atoms with Gasteiger partial charge in [0.25, 0.3) is 0 Å². The number of hydrogen-bond donors (Lipinski definition) is 2. The maximum atomic E-state index is 14.1. The van der Waals surface area contributed by atoms with Crippen molar-refractivity contribution < 1.29 is 32.9 Å². The molecule has 0 radical (unpaired) electrons. The van der Waals surface area contributed by atoms with Crippen molar-refractivity contribution >= 4 is 5.69 Å². The molecule has 2 N–H and O–H groups in total. The van der Waals surface area contributed by atoms with Gasteiger partial charge in [0.1, 0.15) is 23.8 Å². The van der Waals surface area contributed by atoms with E-state index in [0.29, 0.717) is 51.3 Å². The number of β-amino-alcohol motifs (C(OH)–C–C–N with tert-alkyl or cyclic N) is 2. The van der Waals surface area contributed by atoms with Crippen molar-refractivity contribution in [2.45, 2.75) is 24.0 Å². The summed E-state index contributed by atoms with van der Waals surface area (Å²) in [6.45, 7) is 2.31. The Morgan fingerprint density at radius 3 is 2.39 bits per heavy atom. The summed E-state index contributed by atoms with van der Waals surface area (Å²) < 4.78 is 51.7. The van der Waals surface area contributed by atoms with E-state index in [1.807, 2.05) is 9.80 Å². The Labute approximate surface area is 191 Å². The van der Waals surface area contributed by atoms with Crippen LogP contribution in [-0.4, -0.2) is 78.9 Å². The number of piperidine rings is 1. The minimum absolute atomic E-state index is 0.0205. The van der Waals surface area contributed by atoms with E-state index in [2.05, 4.69) is 0 Å². The largest absolute Gasteiger partial charge is 0.490 e. The Morgan fingerprint density at radius 2 is 1.67 bits per heavy atom. The van der Waals surface area contributed by atoms with Crippen LogP contribution in [0.3, 0.4) is 0 Å². The van der Waals surface area contributed by atoms with Crippen LogP contribution in [0.15, 0.2) is 42.5 Å². The fraction of sp³-hybridized carbons (Fsp3) is 0.500. The zero-order valence-corrected chi connectivity index (χ0v) is 18.4. The second-order valence-corrected chi connectivity index (χ2v) is 9.01. The van der Waals surface area contributed by atoms with E-state index in [-0.39, 0.29) is 31.3 Å². The van der Waals surface area contributed by atoms with E-state index in [1.165, 1.54) is 12.1 Å². The fourth-order valence-electron chi connectivity index (χ4n) is 4.45. The summed E-state index contributed by atoms with van der Waals surface area (Å²) in [4.78, 5) is 3.86. The molecule has 0 unspecified atom stereocenters. The summed E-state index contributed by atoms with van der Waals surface area (Å²) in [5.41, 5.74) is -1.83. The van der Waals surface area contributed by atoms with Crippen molar-refractivity contribution in [3.05, 3.63) is 59.9 Å². The predicted molar refractivity (Wildman–Crippen MR) is 117 cm³/mol. The summed E-state index contributed by atoms with van der Waals surface area (Å²) in [6.07, 6.45) is 0.922. The normalized spacial score (nSPS) is 23.8. The highest BCUT2D eigenvalue weighted by atomic mass is 19.2. The van der Waals surface area contributed by atoms with E-state index in [1.54, 1.807) is 18.2 Å². The van der Waals surface area contributed by atoms with Crippen molar-refractivity contribution in [2.75, 3.05) is 57.4 Å². The third kappa shape index (κ3) is 5.97. The van der Waals surface area contributed by atoms with Crippen LogP contribution in [0.1, 0.15) is 12.8 Å². The quantitative estimate of drug-likeness (QED) is 0.683. The molecule has 0 bridgehead atoms. The summed E-state index contributed by atoms with van der Waals surface area (Å²) in [5, 5.41) is 22.2. The Hall–Kier alpha value is -2.33. The highest BCUT2D eigenvalue weighted by molar-refractivity contribution is 5.48. The van der Waals surface area contributed by atoms with Crippen LogP contribution in [-0.2, 0) is 4.74 Å². The number of ether oxygens (including phenoxy) is 2. The first-order valence-electron chi connectivity index (χ1n) is 11.1. The molecule has 2 saturated heterocycles. The van der Waals surface area contributed by atoms with Crippen LogP contribution >= 0.6 is 0 Å². The molecule has 33 heavy (non-hydrogen) atoms. The second-order valence-electron chi connectivity index (χ2n) is 9.01. The smallest absolute Gasteiger partial charge is 0.162 e. The molecule has 2 fully saturated rings. The van der Waals surface area contributed by atoms with E-state index >= 15 is 0 Å². The maximum absolute atomic E-state index is 14.1. The van der Waals surface area contributed by atoms with Crippen molar-refractivity contribution in [3.63, 3.8) is 0 Å². The molecule has 1 atom stereocenters. The predicted octanol–water partition coefficient (Wildman–Crippen LogP) is 2.58. The second kappa shape index (κ2) is 9.89. The number of benzene rings is 2. The number of hydrogen-bond acceptors (Lipinski definition) is 6. The van der Waals surface area contributed by atoms with Gasteiger partial charge in [-0.05, 0) is 37.1 Å². The van der Waals surface area contributed by atoms with Crippen molar-refractivity contribution in [2.24, 2.45) is 0 Å². The molecular formula is C24H29F3N2O4. The topological polar surface area (TPSA) is 65.4 Å². The van der Waals surface area contributed by atoms with Crippen molar-refractivity contribution in [1.82, 2.24) is 4.90 Å². The molecule has 2 aromatic rings. The van der Waals surface area contributed by atoms with Crippen LogP contribution in [0.4, 0.5) is 18.9 Å². The average Bonchev–Trinajstić information content (AvgIpc) is 2.97. The number of rotatable bonds is 6. The third-order valence-corrected chi connectivity index (χ3v) is 6.24. The minimum atomic E-state index is -1.38. The molecule has 0 spiro atoms. The summed E-state index contributed by atoms with van der Waals surface area (Å²) in [6, 6.07) is 9.80. The first-order chi connectivity index (χ1) is 15.8. The molecule has 0 saturated carbocycles. The highest BCUT2D eigenvalue weighted by Crippen LogP contribution is 2.29. The summed E-state index contributed by atoms with van der Waals surface area (Å²) in [5.74, 6) is -2.17. The zero-order chi connectivity index (χ0) is 23.5. The van der Waals surface area contributed by atoms with Gasteiger partial charge in [0.2, 0.25) is 0 Å². The summed E-state index contributed by atoms with van der Waals surface area (Å²) >= 11 is 0. The molecule has 2 aromatic carbocycles. The Balaban J connectivity index is 1.34. The molecule has 2 heterocycles. The van der Waals surface area contributed by atoms with Crippen molar-refractivity contribution in [1.29, 1.82) is 0 Å².